The lowest BCUT2D eigenvalue weighted by atomic mass is 9.80. The number of nitrogens with zero attached hydrogens (tertiary/aromatic N) is 2. The van der Waals surface area contributed by atoms with Crippen molar-refractivity contribution in [2.24, 2.45) is 5.92 Å². The summed E-state index contributed by atoms with van der Waals surface area (Å²) >= 11 is 6.63. The minimum atomic E-state index is -2.21. The van der Waals surface area contributed by atoms with Gasteiger partial charge in [0.1, 0.15) is 5.65 Å². The van der Waals surface area contributed by atoms with Gasteiger partial charge in [0.15, 0.2) is 0 Å². The molecule has 0 N–H and O–H groups in total. The van der Waals surface area contributed by atoms with E-state index in [4.69, 9.17) is 16.8 Å². The predicted molar refractivity (Wildman–Crippen MR) is 227 cm³/mol. The molecule has 0 saturated carbocycles. The first-order valence-corrected chi connectivity index (χ1v) is 20.7. The molecule has 0 spiro atoms. The van der Waals surface area contributed by atoms with Crippen LogP contribution in [0.15, 0.2) is 182 Å². The van der Waals surface area contributed by atoms with Crippen LogP contribution in [-0.4, -0.2) is 9.38 Å². The fourth-order valence-corrected chi connectivity index (χ4v) is 12.0. The first-order chi connectivity index (χ1) is 25.6. The standard InChI is InChI=1S/C48H35N2PS/c1-32-20-21-35(33-22-26-39(27-23-33)51(52,37-13-4-2-5-14-37)38-15-6-3-7-16-38)30-43(32)36-25-28-41-46(31-36)50-45-19-11-10-18-44(45)49-48(50)42-29-24-34-12-8-9-17-40(34)47(41)42/h2-32,43H,1H3. The van der Waals surface area contributed by atoms with Gasteiger partial charge in [0.05, 0.1) is 16.6 Å². The fraction of sp³-hybridized carbons (Fsp3) is 0.0625. The molecule has 0 radical (unpaired) electrons. The van der Waals surface area contributed by atoms with Crippen molar-refractivity contribution in [2.75, 3.05) is 0 Å². The molecular weight excluding hydrogens is 668 g/mol. The molecule has 1 aliphatic rings. The van der Waals surface area contributed by atoms with E-state index in [1.165, 1.54) is 65.1 Å². The Labute approximate surface area is 308 Å². The molecule has 0 fully saturated rings. The third kappa shape index (κ3) is 4.84. The Bertz CT molecular complexity index is 2900. The van der Waals surface area contributed by atoms with E-state index in [0.717, 1.165) is 16.7 Å². The van der Waals surface area contributed by atoms with E-state index >= 15 is 0 Å². The van der Waals surface area contributed by atoms with Crippen LogP contribution in [0.5, 0.6) is 0 Å². The molecule has 9 aromatic rings. The molecule has 4 heteroatoms. The average Bonchev–Trinajstić information content (AvgIpc) is 3.61. The summed E-state index contributed by atoms with van der Waals surface area (Å²) in [5.74, 6) is 0.565. The number of hydrogen-bond acceptors (Lipinski definition) is 2. The molecule has 2 nitrogen and oxygen atoms in total. The third-order valence-electron chi connectivity index (χ3n) is 11.0. The Balaban J connectivity index is 1.11. The summed E-state index contributed by atoms with van der Waals surface area (Å²) in [7, 11) is 0. The van der Waals surface area contributed by atoms with Gasteiger partial charge in [-0.3, -0.25) is 4.40 Å². The highest BCUT2D eigenvalue weighted by Gasteiger charge is 2.26. The van der Waals surface area contributed by atoms with E-state index in [9.17, 15) is 0 Å². The lowest BCUT2D eigenvalue weighted by Gasteiger charge is -2.26. The normalized spacial score (nSPS) is 16.3. The molecule has 1 aliphatic carbocycles. The van der Waals surface area contributed by atoms with Crippen molar-refractivity contribution in [1.29, 1.82) is 0 Å². The van der Waals surface area contributed by atoms with Crippen molar-refractivity contribution in [3.63, 3.8) is 0 Å². The number of pyridine rings is 1. The summed E-state index contributed by atoms with van der Waals surface area (Å²) in [6.45, 7) is 2.33. The molecule has 2 atom stereocenters. The highest BCUT2D eigenvalue weighted by Crippen LogP contribution is 2.44. The third-order valence-corrected chi connectivity index (χ3v) is 15.9. The van der Waals surface area contributed by atoms with E-state index in [1.807, 2.05) is 0 Å². The highest BCUT2D eigenvalue weighted by atomic mass is 32.4. The molecular formula is C48H35N2PS. The van der Waals surface area contributed by atoms with E-state index < -0.39 is 6.04 Å². The minimum Gasteiger partial charge on any atom is -0.292 e. The van der Waals surface area contributed by atoms with E-state index in [-0.39, 0.29) is 5.92 Å². The van der Waals surface area contributed by atoms with Gasteiger partial charge in [-0.1, -0.05) is 176 Å². The first-order valence-electron chi connectivity index (χ1n) is 17.9. The monoisotopic (exact) mass is 702 g/mol. The molecule has 2 aromatic heterocycles. The molecule has 0 aliphatic heterocycles. The maximum Gasteiger partial charge on any atom is 0.146 e. The zero-order valence-electron chi connectivity index (χ0n) is 28.7. The zero-order chi connectivity index (χ0) is 34.8. The van der Waals surface area contributed by atoms with Gasteiger partial charge in [0, 0.05) is 28.1 Å². The number of hydrogen-bond donors (Lipinski definition) is 0. The second-order valence-corrected chi connectivity index (χ2v) is 18.3. The SMILES string of the molecule is CC1C=CC(c2ccc(P(=S)(c3ccccc3)c3ccccc3)cc2)=CC1c1ccc2c3c4ccccc4ccc3c3nc4ccccc4n3c2c1. The Morgan fingerprint density at radius 1 is 0.596 bits per heavy atom. The summed E-state index contributed by atoms with van der Waals surface area (Å²) in [5, 5.41) is 9.84. The minimum absolute atomic E-state index is 0.219. The second kappa shape index (κ2) is 12.3. The van der Waals surface area contributed by atoms with Gasteiger partial charge in [-0.05, 0) is 73.6 Å². The lowest BCUT2D eigenvalue weighted by Crippen LogP contribution is -2.24. The largest absolute Gasteiger partial charge is 0.292 e. The topological polar surface area (TPSA) is 17.3 Å². The summed E-state index contributed by atoms with van der Waals surface area (Å²) in [4.78, 5) is 5.21. The van der Waals surface area contributed by atoms with Gasteiger partial charge >= 0.3 is 0 Å². The Kier molecular flexibility index (Phi) is 7.35. The van der Waals surface area contributed by atoms with Crippen molar-refractivity contribution < 1.29 is 0 Å². The van der Waals surface area contributed by atoms with Crippen LogP contribution in [0.25, 0.3) is 54.7 Å². The number of benzene rings is 7. The number of imidazole rings is 1. The van der Waals surface area contributed by atoms with Crippen LogP contribution in [0.3, 0.4) is 0 Å². The van der Waals surface area contributed by atoms with Gasteiger partial charge in [-0.2, -0.15) is 0 Å². The van der Waals surface area contributed by atoms with Gasteiger partial charge in [0.25, 0.3) is 0 Å². The fourth-order valence-electron chi connectivity index (χ4n) is 8.31. The quantitative estimate of drug-likeness (QED) is 0.131. The van der Waals surface area contributed by atoms with E-state index in [2.05, 4.69) is 193 Å². The summed E-state index contributed by atoms with van der Waals surface area (Å²) in [6, 6.07) is 57.0. The van der Waals surface area contributed by atoms with Crippen molar-refractivity contribution in [3.05, 3.63) is 193 Å². The van der Waals surface area contributed by atoms with Crippen LogP contribution in [-0.2, 0) is 11.8 Å². The molecule has 248 valence electrons. The molecule has 2 heterocycles. The maximum atomic E-state index is 6.63. The van der Waals surface area contributed by atoms with Crippen molar-refractivity contribution in [2.45, 2.75) is 12.8 Å². The molecule has 0 amide bonds. The molecule has 2 unspecified atom stereocenters. The van der Waals surface area contributed by atoms with Crippen LogP contribution in [0.4, 0.5) is 0 Å². The molecule has 0 saturated heterocycles. The number of allylic oxidation sites excluding steroid dienone is 4. The highest BCUT2D eigenvalue weighted by molar-refractivity contribution is 8.25. The van der Waals surface area contributed by atoms with Crippen LogP contribution in [0.1, 0.15) is 24.0 Å². The van der Waals surface area contributed by atoms with Crippen LogP contribution < -0.4 is 15.9 Å². The Hall–Kier alpha value is -5.60. The van der Waals surface area contributed by atoms with Crippen molar-refractivity contribution in [1.82, 2.24) is 9.38 Å². The summed E-state index contributed by atoms with van der Waals surface area (Å²) in [6.07, 6.45) is 7.13. The van der Waals surface area contributed by atoms with Crippen molar-refractivity contribution in [3.8, 4) is 0 Å². The second-order valence-electron chi connectivity index (χ2n) is 13.9. The summed E-state index contributed by atoms with van der Waals surface area (Å²) in [5.41, 5.74) is 8.10. The maximum absolute atomic E-state index is 6.63. The van der Waals surface area contributed by atoms with Gasteiger partial charge in [-0.15, -0.1) is 0 Å². The van der Waals surface area contributed by atoms with Crippen LogP contribution in [0.2, 0.25) is 0 Å². The number of rotatable bonds is 5. The number of aromatic nitrogens is 2. The molecule has 10 rings (SSSR count). The number of fused-ring (bicyclic) bond motifs is 10. The van der Waals surface area contributed by atoms with Crippen LogP contribution in [0, 0.1) is 5.92 Å². The predicted octanol–water partition coefficient (Wildman–Crippen LogP) is 11.1. The van der Waals surface area contributed by atoms with Crippen molar-refractivity contribution >= 4 is 88.5 Å². The van der Waals surface area contributed by atoms with Crippen LogP contribution >= 0.6 is 6.04 Å². The summed E-state index contributed by atoms with van der Waals surface area (Å²) < 4.78 is 2.38. The van der Waals surface area contributed by atoms with E-state index in [1.54, 1.807) is 0 Å². The smallest absolute Gasteiger partial charge is 0.146 e. The van der Waals surface area contributed by atoms with E-state index in [0.29, 0.717) is 5.92 Å². The average molecular weight is 703 g/mol. The van der Waals surface area contributed by atoms with Gasteiger partial charge < -0.3 is 0 Å². The molecule has 52 heavy (non-hydrogen) atoms. The Morgan fingerprint density at radius 2 is 1.25 bits per heavy atom. The van der Waals surface area contributed by atoms with Gasteiger partial charge in [-0.25, -0.2) is 4.98 Å². The first kappa shape index (κ1) is 31.2. The Morgan fingerprint density at radius 3 is 2.02 bits per heavy atom. The lowest BCUT2D eigenvalue weighted by molar-refractivity contribution is 0.638. The zero-order valence-corrected chi connectivity index (χ0v) is 30.4. The molecule has 0 bridgehead atoms. The molecule has 7 aromatic carbocycles. The number of para-hydroxylation sites is 2. The van der Waals surface area contributed by atoms with Gasteiger partial charge in [0.2, 0.25) is 0 Å².